The predicted octanol–water partition coefficient (Wildman–Crippen LogP) is 0.896. The standard InChI is InChI=1S/C8H7ClO2.C7H8.Na.H2O/c1-11-7-5-3-2-4-6(7)8(9)10;1-7-5-3-2-4-6-7;;/h2-5H,1H3;2-6H,1H3;;1H2/q;;+1;/p-1. The summed E-state index contributed by atoms with van der Waals surface area (Å²) in [6.07, 6.45) is 0. The molecule has 1 N–H and O–H groups in total. The Kier molecular flexibility index (Phi) is 12.8. The number of benzene rings is 2. The monoisotopic (exact) mass is 302 g/mol. The zero-order valence-corrected chi connectivity index (χ0v) is 14.6. The third-order valence-electron chi connectivity index (χ3n) is 2.26. The van der Waals surface area contributed by atoms with Gasteiger partial charge in [0.15, 0.2) is 0 Å². The van der Waals surface area contributed by atoms with Gasteiger partial charge in [-0.2, -0.15) is 0 Å². The molecule has 0 spiro atoms. The molecule has 0 aliphatic carbocycles. The van der Waals surface area contributed by atoms with E-state index in [1.807, 2.05) is 18.2 Å². The topological polar surface area (TPSA) is 56.3 Å². The second kappa shape index (κ2) is 11.9. The van der Waals surface area contributed by atoms with Gasteiger partial charge in [0, 0.05) is 0 Å². The van der Waals surface area contributed by atoms with Crippen molar-refractivity contribution in [2.24, 2.45) is 0 Å². The number of carbonyl (C=O) groups is 1. The van der Waals surface area contributed by atoms with Crippen molar-refractivity contribution >= 4 is 16.8 Å². The van der Waals surface area contributed by atoms with Crippen LogP contribution in [0.4, 0.5) is 0 Å². The summed E-state index contributed by atoms with van der Waals surface area (Å²) in [5.74, 6) is 0.507. The van der Waals surface area contributed by atoms with Crippen LogP contribution in [0.5, 0.6) is 5.75 Å². The van der Waals surface area contributed by atoms with Gasteiger partial charge in [0.25, 0.3) is 5.24 Å². The molecule has 0 saturated carbocycles. The van der Waals surface area contributed by atoms with E-state index in [0.29, 0.717) is 11.3 Å². The maximum Gasteiger partial charge on any atom is 1.00 e. The molecule has 0 saturated heterocycles. The second-order valence-corrected chi connectivity index (χ2v) is 3.97. The number of carbonyl (C=O) groups excluding carboxylic acids is 1. The molecule has 0 bridgehead atoms. The van der Waals surface area contributed by atoms with Crippen molar-refractivity contribution in [3.63, 3.8) is 0 Å². The maximum absolute atomic E-state index is 10.7. The Morgan fingerprint density at radius 2 is 1.50 bits per heavy atom. The molecule has 3 nitrogen and oxygen atoms in total. The molecule has 5 heteroatoms. The van der Waals surface area contributed by atoms with Crippen LogP contribution in [0, 0.1) is 6.92 Å². The fourth-order valence-electron chi connectivity index (χ4n) is 1.34. The van der Waals surface area contributed by atoms with E-state index >= 15 is 0 Å². The number of rotatable bonds is 2. The molecule has 102 valence electrons. The van der Waals surface area contributed by atoms with E-state index in [4.69, 9.17) is 16.3 Å². The largest absolute Gasteiger partial charge is 1.00 e. The summed E-state index contributed by atoms with van der Waals surface area (Å²) in [4.78, 5) is 10.7. The van der Waals surface area contributed by atoms with Gasteiger partial charge in [-0.15, -0.1) is 0 Å². The summed E-state index contributed by atoms with van der Waals surface area (Å²) in [5, 5.41) is -0.498. The van der Waals surface area contributed by atoms with Crippen molar-refractivity contribution in [3.8, 4) is 5.75 Å². The second-order valence-electron chi connectivity index (χ2n) is 3.63. The molecule has 2 aromatic rings. The third kappa shape index (κ3) is 7.68. The zero-order chi connectivity index (χ0) is 13.4. The van der Waals surface area contributed by atoms with E-state index in [0.717, 1.165) is 0 Å². The molecule has 0 radical (unpaired) electrons. The summed E-state index contributed by atoms with van der Waals surface area (Å²) < 4.78 is 4.90. The molecule has 0 fully saturated rings. The number of para-hydroxylation sites is 1. The van der Waals surface area contributed by atoms with Crippen LogP contribution in [0.3, 0.4) is 0 Å². The quantitative estimate of drug-likeness (QED) is 0.612. The van der Waals surface area contributed by atoms with Crippen molar-refractivity contribution in [3.05, 3.63) is 65.7 Å². The predicted molar refractivity (Wildman–Crippen MR) is 76.3 cm³/mol. The van der Waals surface area contributed by atoms with Crippen molar-refractivity contribution in [2.45, 2.75) is 6.92 Å². The summed E-state index contributed by atoms with van der Waals surface area (Å²) in [6, 6.07) is 17.1. The fraction of sp³-hybridized carbons (Fsp3) is 0.133. The molecule has 2 rings (SSSR count). The van der Waals surface area contributed by atoms with E-state index in [-0.39, 0.29) is 35.0 Å². The Balaban J connectivity index is 0. The number of halogens is 1. The molecular formula is C15H16ClNaO3. The van der Waals surface area contributed by atoms with E-state index in [9.17, 15) is 4.79 Å². The number of hydrogen-bond donors (Lipinski definition) is 0. The van der Waals surface area contributed by atoms with Gasteiger partial charge in [0.05, 0.1) is 12.7 Å². The Labute approximate surface area is 146 Å². The Bertz CT molecular complexity index is 503. The van der Waals surface area contributed by atoms with E-state index in [1.165, 1.54) is 12.7 Å². The molecule has 0 heterocycles. The van der Waals surface area contributed by atoms with Crippen molar-refractivity contribution in [2.75, 3.05) is 7.11 Å². The molecular weight excluding hydrogens is 287 g/mol. The van der Waals surface area contributed by atoms with Crippen LogP contribution in [0.25, 0.3) is 0 Å². The molecule has 0 aliphatic heterocycles. The van der Waals surface area contributed by atoms with Crippen molar-refractivity contribution < 1.29 is 44.6 Å². The summed E-state index contributed by atoms with van der Waals surface area (Å²) in [7, 11) is 1.50. The Hall–Kier alpha value is -0.840. The van der Waals surface area contributed by atoms with Crippen LogP contribution in [0.1, 0.15) is 15.9 Å². The summed E-state index contributed by atoms with van der Waals surface area (Å²) in [5.41, 5.74) is 1.72. The molecule has 0 amide bonds. The molecule has 20 heavy (non-hydrogen) atoms. The maximum atomic E-state index is 10.7. The van der Waals surface area contributed by atoms with Crippen molar-refractivity contribution in [1.82, 2.24) is 0 Å². The molecule has 2 aromatic carbocycles. The molecule has 0 aliphatic rings. The number of hydrogen-bond acceptors (Lipinski definition) is 3. The van der Waals surface area contributed by atoms with Crippen LogP contribution in [0.2, 0.25) is 0 Å². The van der Waals surface area contributed by atoms with Gasteiger partial charge in [-0.05, 0) is 30.7 Å². The first kappa shape index (κ1) is 21.5. The molecule has 0 unspecified atom stereocenters. The Morgan fingerprint density at radius 1 is 1.00 bits per heavy atom. The molecule has 0 atom stereocenters. The van der Waals surface area contributed by atoms with Gasteiger partial charge in [-0.3, -0.25) is 4.79 Å². The van der Waals surface area contributed by atoms with Crippen LogP contribution < -0.4 is 34.3 Å². The van der Waals surface area contributed by atoms with Crippen LogP contribution in [-0.2, 0) is 0 Å². The van der Waals surface area contributed by atoms with Gasteiger partial charge in [-0.25, -0.2) is 0 Å². The van der Waals surface area contributed by atoms with Gasteiger partial charge in [-0.1, -0.05) is 48.0 Å². The first-order chi connectivity index (χ1) is 8.65. The minimum Gasteiger partial charge on any atom is -0.870 e. The van der Waals surface area contributed by atoms with Gasteiger partial charge >= 0.3 is 29.6 Å². The Morgan fingerprint density at radius 3 is 1.85 bits per heavy atom. The summed E-state index contributed by atoms with van der Waals surface area (Å²) in [6.45, 7) is 2.08. The average molecular weight is 303 g/mol. The number of aryl methyl sites for hydroxylation is 1. The van der Waals surface area contributed by atoms with Crippen LogP contribution >= 0.6 is 11.6 Å². The zero-order valence-electron chi connectivity index (χ0n) is 11.8. The van der Waals surface area contributed by atoms with E-state index in [2.05, 4.69) is 19.1 Å². The first-order valence-corrected chi connectivity index (χ1v) is 5.87. The SMILES string of the molecule is COc1ccccc1C(=O)Cl.Cc1ccccc1.[Na+].[OH-]. The van der Waals surface area contributed by atoms with E-state index in [1.54, 1.807) is 24.3 Å². The van der Waals surface area contributed by atoms with Gasteiger partial charge < -0.3 is 10.2 Å². The third-order valence-corrected chi connectivity index (χ3v) is 2.46. The van der Waals surface area contributed by atoms with Gasteiger partial charge in [0.1, 0.15) is 5.75 Å². The van der Waals surface area contributed by atoms with Gasteiger partial charge in [0.2, 0.25) is 0 Å². The average Bonchev–Trinajstić information content (AvgIpc) is 2.40. The normalized spacial score (nSPS) is 8.15. The minimum absolute atomic E-state index is 0. The first-order valence-electron chi connectivity index (χ1n) is 5.49. The molecule has 0 aromatic heterocycles. The van der Waals surface area contributed by atoms with Crippen LogP contribution in [0.15, 0.2) is 54.6 Å². The fourth-order valence-corrected chi connectivity index (χ4v) is 1.50. The number of methoxy groups -OCH3 is 1. The van der Waals surface area contributed by atoms with E-state index < -0.39 is 5.24 Å². The van der Waals surface area contributed by atoms with Crippen LogP contribution in [-0.4, -0.2) is 17.8 Å². The number of ether oxygens (including phenoxy) is 1. The summed E-state index contributed by atoms with van der Waals surface area (Å²) >= 11 is 5.27. The van der Waals surface area contributed by atoms with Crippen molar-refractivity contribution in [1.29, 1.82) is 0 Å². The smallest absolute Gasteiger partial charge is 0.870 e. The minimum atomic E-state index is -0.498.